The lowest BCUT2D eigenvalue weighted by Gasteiger charge is -2.16. The topological polar surface area (TPSA) is 112 Å². The van der Waals surface area contributed by atoms with E-state index >= 15 is 0 Å². The highest BCUT2D eigenvalue weighted by atomic mass is 32.1. The van der Waals surface area contributed by atoms with E-state index in [4.69, 9.17) is 0 Å². The van der Waals surface area contributed by atoms with Crippen molar-refractivity contribution in [1.29, 1.82) is 0 Å². The predicted octanol–water partition coefficient (Wildman–Crippen LogP) is 16.0. The summed E-state index contributed by atoms with van der Waals surface area (Å²) in [5.41, 5.74) is 2.75. The average Bonchev–Trinajstić information content (AvgIpc) is 4.01. The molecule has 0 saturated heterocycles. The molecule has 6 aromatic rings. The van der Waals surface area contributed by atoms with Gasteiger partial charge in [0.15, 0.2) is 0 Å². The van der Waals surface area contributed by atoms with E-state index in [0.717, 1.165) is 43.4 Å². The minimum atomic E-state index is -0.570. The van der Waals surface area contributed by atoms with Gasteiger partial charge >= 0.3 is 11.4 Å². The van der Waals surface area contributed by atoms with Crippen molar-refractivity contribution in [3.63, 3.8) is 0 Å². The second-order valence-corrected chi connectivity index (χ2v) is 19.6. The number of unbranched alkanes of at least 4 members (excludes halogenated alkanes) is 8. The fourth-order valence-electron chi connectivity index (χ4n) is 8.10. The number of rotatable bonds is 24. The monoisotopic (exact) mass is 838 g/mol. The molecular weight excluding hydrogens is 785 g/mol. The molecule has 0 N–H and O–H groups in total. The maximum absolute atomic E-state index is 13.1. The maximum Gasteiger partial charge on any atom is 0.357 e. The summed E-state index contributed by atoms with van der Waals surface area (Å²) < 4.78 is 13.6. The van der Waals surface area contributed by atoms with Crippen molar-refractivity contribution in [2.24, 2.45) is 11.8 Å². The number of thiophene rings is 4. The van der Waals surface area contributed by atoms with Crippen LogP contribution >= 0.6 is 57.1 Å². The van der Waals surface area contributed by atoms with E-state index < -0.39 is 21.2 Å². The molecule has 0 radical (unpaired) electrons. The van der Waals surface area contributed by atoms with E-state index in [1.54, 1.807) is 22.7 Å². The third-order valence-electron chi connectivity index (χ3n) is 11.0. The fourth-order valence-corrected chi connectivity index (χ4v) is 13.6. The largest absolute Gasteiger partial charge is 0.357 e. The van der Waals surface area contributed by atoms with Gasteiger partial charge in [-0.3, -0.25) is 20.2 Å². The standard InChI is InChI=1S/C42H54N4O4S5/c1-5-9-13-15-19-27(17-11-7-3)21-29-25-51-33-23-31(53-41(29)33)35-37-38(44-55-43-37)36(40(46(49)50)39(35)45(47)48)32-24-34-42(54-32)30(26-52-34)22-28(18-12-8-4)20-16-14-10-6-2/h23-28H,5-22H2,1-4H3. The Hall–Kier alpha value is -2.84. The van der Waals surface area contributed by atoms with Crippen LogP contribution in [0.3, 0.4) is 0 Å². The molecule has 2 unspecified atom stereocenters. The summed E-state index contributed by atoms with van der Waals surface area (Å²) in [5.74, 6) is 1.19. The van der Waals surface area contributed by atoms with Gasteiger partial charge in [0.25, 0.3) is 0 Å². The number of hydrogen-bond donors (Lipinski definition) is 0. The average molecular weight is 839 g/mol. The third kappa shape index (κ3) is 9.66. The van der Waals surface area contributed by atoms with Crippen LogP contribution in [0.4, 0.5) is 11.4 Å². The Labute approximate surface area is 345 Å². The van der Waals surface area contributed by atoms with Gasteiger partial charge in [0.1, 0.15) is 22.2 Å². The van der Waals surface area contributed by atoms with E-state index in [-0.39, 0.29) is 11.1 Å². The lowest BCUT2D eigenvalue weighted by molar-refractivity contribution is -0.421. The van der Waals surface area contributed by atoms with Crippen LogP contribution in [0.5, 0.6) is 0 Å². The molecule has 8 nitrogen and oxygen atoms in total. The Bertz CT molecular complexity index is 2040. The Morgan fingerprint density at radius 1 is 0.582 bits per heavy atom. The van der Waals surface area contributed by atoms with Crippen LogP contribution < -0.4 is 0 Å². The van der Waals surface area contributed by atoms with Crippen molar-refractivity contribution in [1.82, 2.24) is 8.75 Å². The van der Waals surface area contributed by atoms with Crippen LogP contribution in [-0.2, 0) is 12.8 Å². The van der Waals surface area contributed by atoms with Crippen LogP contribution in [0.25, 0.3) is 50.7 Å². The van der Waals surface area contributed by atoms with Gasteiger partial charge in [-0.25, -0.2) is 0 Å². The first kappa shape index (κ1) is 41.8. The summed E-state index contributed by atoms with van der Waals surface area (Å²) in [6.45, 7) is 8.97. The first-order chi connectivity index (χ1) is 26.8. The smallest absolute Gasteiger partial charge is 0.258 e. The maximum atomic E-state index is 13.1. The molecule has 296 valence electrons. The minimum Gasteiger partial charge on any atom is -0.258 e. The van der Waals surface area contributed by atoms with Crippen LogP contribution in [0.1, 0.15) is 142 Å². The Kier molecular flexibility index (Phi) is 15.2. The first-order valence-electron chi connectivity index (χ1n) is 20.4. The molecule has 5 heterocycles. The van der Waals surface area contributed by atoms with E-state index in [1.165, 1.54) is 137 Å². The first-order valence-corrected chi connectivity index (χ1v) is 24.5. The molecule has 0 bridgehead atoms. The molecule has 2 atom stereocenters. The highest BCUT2D eigenvalue weighted by Crippen LogP contribution is 2.54. The van der Waals surface area contributed by atoms with Crippen LogP contribution in [0.15, 0.2) is 22.9 Å². The fraction of sp³-hybridized carbons (Fsp3) is 0.571. The van der Waals surface area contributed by atoms with Crippen LogP contribution in [0, 0.1) is 32.1 Å². The molecular formula is C42H54N4O4S5. The Morgan fingerprint density at radius 3 is 1.36 bits per heavy atom. The second-order valence-electron chi connectivity index (χ2n) is 15.2. The summed E-state index contributed by atoms with van der Waals surface area (Å²) in [4.78, 5) is 26.3. The number of fused-ring (bicyclic) bond motifs is 3. The highest BCUT2D eigenvalue weighted by Gasteiger charge is 2.40. The zero-order valence-electron chi connectivity index (χ0n) is 32.7. The highest BCUT2D eigenvalue weighted by molar-refractivity contribution is 7.30. The number of aromatic nitrogens is 2. The van der Waals surface area contributed by atoms with Gasteiger partial charge < -0.3 is 0 Å². The quantitative estimate of drug-likeness (QED) is 0.0341. The van der Waals surface area contributed by atoms with Gasteiger partial charge in [0.05, 0.1) is 21.6 Å². The Balaban J connectivity index is 1.39. The van der Waals surface area contributed by atoms with Gasteiger partial charge in [-0.2, -0.15) is 8.75 Å². The lowest BCUT2D eigenvalue weighted by Crippen LogP contribution is -2.04. The molecule has 0 amide bonds. The van der Waals surface area contributed by atoms with Crippen LogP contribution in [0.2, 0.25) is 0 Å². The minimum absolute atomic E-state index is 0.214. The SMILES string of the molecule is CCCCCCC(CCCC)Cc1csc2cc(-c3c([N+](=O)[O-])c([N+](=O)[O-])c(-c4cc5scc(CC(CCCC)CCCCCC)c5s4)c4nsnc34)sc12. The number of hydrogen-bond acceptors (Lipinski definition) is 11. The second kappa shape index (κ2) is 20.0. The molecule has 0 fully saturated rings. The van der Waals surface area contributed by atoms with Crippen molar-refractivity contribution in [3.8, 4) is 20.9 Å². The van der Waals surface area contributed by atoms with Gasteiger partial charge in [-0.1, -0.05) is 130 Å². The molecule has 0 saturated carbocycles. The van der Waals surface area contributed by atoms with Gasteiger partial charge in [0.2, 0.25) is 0 Å². The van der Waals surface area contributed by atoms with E-state index in [1.807, 2.05) is 12.1 Å². The molecule has 13 heteroatoms. The number of nitro groups is 2. The third-order valence-corrected chi connectivity index (χ3v) is 16.2. The molecule has 55 heavy (non-hydrogen) atoms. The van der Waals surface area contributed by atoms with Crippen molar-refractivity contribution in [2.75, 3.05) is 0 Å². The van der Waals surface area contributed by atoms with Crippen molar-refractivity contribution in [3.05, 3.63) is 54.2 Å². The van der Waals surface area contributed by atoms with Crippen molar-refractivity contribution in [2.45, 2.75) is 143 Å². The summed E-state index contributed by atoms with van der Waals surface area (Å²) in [6, 6.07) is 3.96. The van der Waals surface area contributed by atoms with Gasteiger partial charge in [0, 0.05) is 28.6 Å². The molecule has 0 aliphatic rings. The Morgan fingerprint density at radius 2 is 0.982 bits per heavy atom. The number of nitrogens with zero attached hydrogens (tertiary/aromatic N) is 4. The zero-order chi connectivity index (χ0) is 38.9. The van der Waals surface area contributed by atoms with Crippen molar-refractivity contribution >= 4 is 98.3 Å². The van der Waals surface area contributed by atoms with Gasteiger partial charge in [-0.05, 0) is 58.7 Å². The molecule has 1 aromatic carbocycles. The molecule has 0 spiro atoms. The summed E-state index contributed by atoms with van der Waals surface area (Å²) in [6.07, 6.45) is 21.5. The zero-order valence-corrected chi connectivity index (χ0v) is 36.7. The summed E-state index contributed by atoms with van der Waals surface area (Å²) >= 11 is 7.28. The predicted molar refractivity (Wildman–Crippen MR) is 239 cm³/mol. The molecule has 0 aliphatic heterocycles. The summed E-state index contributed by atoms with van der Waals surface area (Å²) in [5, 5.41) is 30.6. The number of nitro benzene ring substituents is 2. The number of benzene rings is 1. The van der Waals surface area contributed by atoms with E-state index in [2.05, 4.69) is 47.2 Å². The van der Waals surface area contributed by atoms with Gasteiger partial charge in [-0.15, -0.1) is 45.3 Å². The summed E-state index contributed by atoms with van der Waals surface area (Å²) in [7, 11) is 0. The lowest BCUT2D eigenvalue weighted by atomic mass is 9.90. The van der Waals surface area contributed by atoms with Crippen LogP contribution in [-0.4, -0.2) is 18.6 Å². The van der Waals surface area contributed by atoms with E-state index in [9.17, 15) is 20.2 Å². The molecule has 5 aromatic heterocycles. The van der Waals surface area contributed by atoms with E-state index in [0.29, 0.717) is 32.6 Å². The normalized spacial score (nSPS) is 13.1. The molecule has 0 aliphatic carbocycles. The molecule has 6 rings (SSSR count). The van der Waals surface area contributed by atoms with Crippen molar-refractivity contribution < 1.29 is 9.85 Å².